The van der Waals surface area contributed by atoms with Gasteiger partial charge in [-0.15, -0.1) is 0 Å². The molecule has 72 valence electrons. The molecule has 3 nitrogen and oxygen atoms in total. The molecular formula is C9H13NO2S. The van der Waals surface area contributed by atoms with Crippen molar-refractivity contribution in [1.29, 1.82) is 4.78 Å². The maximum Gasteiger partial charge on any atom is 0.118 e. The quantitative estimate of drug-likeness (QED) is 0.810. The van der Waals surface area contributed by atoms with Gasteiger partial charge in [-0.1, -0.05) is 6.92 Å². The van der Waals surface area contributed by atoms with Crippen molar-refractivity contribution < 1.29 is 8.95 Å². The van der Waals surface area contributed by atoms with E-state index in [4.69, 9.17) is 9.52 Å². The Morgan fingerprint density at radius 3 is 2.31 bits per heavy atom. The number of methoxy groups -OCH3 is 1. The fourth-order valence-corrected chi connectivity index (χ4v) is 1.87. The van der Waals surface area contributed by atoms with E-state index in [2.05, 4.69) is 0 Å². The monoisotopic (exact) mass is 199 g/mol. The molecule has 1 N–H and O–H groups in total. The summed E-state index contributed by atoms with van der Waals surface area (Å²) in [5.41, 5.74) is 0. The first-order valence-corrected chi connectivity index (χ1v) is 5.73. The first-order chi connectivity index (χ1) is 6.10. The Morgan fingerprint density at radius 2 is 1.92 bits per heavy atom. The van der Waals surface area contributed by atoms with Crippen LogP contribution in [-0.2, 0) is 9.73 Å². The molecule has 0 aromatic heterocycles. The highest BCUT2D eigenvalue weighted by molar-refractivity contribution is 7.92. The third-order valence-electron chi connectivity index (χ3n) is 1.85. The van der Waals surface area contributed by atoms with Gasteiger partial charge in [-0.25, -0.2) is 8.99 Å². The summed E-state index contributed by atoms with van der Waals surface area (Å²) in [4.78, 5) is 0.566. The minimum Gasteiger partial charge on any atom is -0.497 e. The topological polar surface area (TPSA) is 50.2 Å². The van der Waals surface area contributed by atoms with Crippen molar-refractivity contribution in [2.45, 2.75) is 11.8 Å². The first-order valence-electron chi connectivity index (χ1n) is 4.00. The lowest BCUT2D eigenvalue weighted by Crippen LogP contribution is -2.00. The van der Waals surface area contributed by atoms with Gasteiger partial charge < -0.3 is 4.74 Å². The van der Waals surface area contributed by atoms with Gasteiger partial charge in [-0.05, 0) is 24.3 Å². The molecule has 0 aliphatic rings. The molecule has 1 aromatic carbocycles. The Balaban J connectivity index is 3.06. The molecule has 0 amide bonds. The molecule has 0 spiro atoms. The van der Waals surface area contributed by atoms with E-state index >= 15 is 0 Å². The van der Waals surface area contributed by atoms with Crippen LogP contribution >= 0.6 is 0 Å². The van der Waals surface area contributed by atoms with E-state index in [9.17, 15) is 4.21 Å². The van der Waals surface area contributed by atoms with Crippen LogP contribution in [0.4, 0.5) is 0 Å². The number of ether oxygens (including phenoxy) is 1. The molecule has 0 heterocycles. The van der Waals surface area contributed by atoms with Crippen LogP contribution in [0.5, 0.6) is 5.75 Å². The van der Waals surface area contributed by atoms with Crippen molar-refractivity contribution in [3.8, 4) is 5.75 Å². The maximum atomic E-state index is 11.6. The molecule has 0 aliphatic heterocycles. The van der Waals surface area contributed by atoms with Crippen molar-refractivity contribution in [3.05, 3.63) is 24.3 Å². The lowest BCUT2D eigenvalue weighted by atomic mass is 10.3. The van der Waals surface area contributed by atoms with Gasteiger partial charge in [0.15, 0.2) is 0 Å². The molecule has 0 saturated carbocycles. The Labute approximate surface area is 78.7 Å². The standard InChI is InChI=1S/C9H13NO2S/c1-3-13(10,11)9-6-4-8(12-2)5-7-9/h4-7,10H,3H2,1-2H3/t13-/m1/s1. The third-order valence-corrected chi connectivity index (χ3v) is 3.69. The molecule has 0 aliphatic carbocycles. The molecule has 0 fully saturated rings. The molecule has 0 bridgehead atoms. The Hall–Kier alpha value is -1.03. The zero-order chi connectivity index (χ0) is 9.90. The Morgan fingerprint density at radius 1 is 1.38 bits per heavy atom. The molecule has 1 atom stereocenters. The van der Waals surface area contributed by atoms with Crippen LogP contribution in [-0.4, -0.2) is 17.1 Å². The fraction of sp³-hybridized carbons (Fsp3) is 0.333. The van der Waals surface area contributed by atoms with Crippen LogP contribution < -0.4 is 4.74 Å². The molecule has 0 radical (unpaired) electrons. The zero-order valence-corrected chi connectivity index (χ0v) is 8.56. The van der Waals surface area contributed by atoms with Crippen molar-refractivity contribution in [2.24, 2.45) is 0 Å². The summed E-state index contributed by atoms with van der Waals surface area (Å²) >= 11 is 0. The number of hydrogen-bond donors (Lipinski definition) is 1. The number of benzene rings is 1. The molecule has 0 saturated heterocycles. The second kappa shape index (κ2) is 3.79. The highest BCUT2D eigenvalue weighted by Crippen LogP contribution is 2.16. The first kappa shape index (κ1) is 10.1. The highest BCUT2D eigenvalue weighted by Gasteiger charge is 2.06. The van der Waals surface area contributed by atoms with Crippen LogP contribution in [0.1, 0.15) is 6.92 Å². The van der Waals surface area contributed by atoms with E-state index < -0.39 is 9.73 Å². The van der Waals surface area contributed by atoms with Crippen molar-refractivity contribution in [3.63, 3.8) is 0 Å². The van der Waals surface area contributed by atoms with Crippen LogP contribution in [0.2, 0.25) is 0 Å². The molecule has 1 aromatic rings. The smallest absolute Gasteiger partial charge is 0.118 e. The van der Waals surface area contributed by atoms with Gasteiger partial charge >= 0.3 is 0 Å². The minimum atomic E-state index is -2.58. The van der Waals surface area contributed by atoms with Crippen LogP contribution in [0, 0.1) is 4.78 Å². The van der Waals surface area contributed by atoms with Crippen molar-refractivity contribution in [1.82, 2.24) is 0 Å². The van der Waals surface area contributed by atoms with Gasteiger partial charge in [0.1, 0.15) is 5.75 Å². The molecule has 4 heteroatoms. The summed E-state index contributed by atoms with van der Waals surface area (Å²) in [6.45, 7) is 1.75. The van der Waals surface area contributed by atoms with Crippen molar-refractivity contribution >= 4 is 9.73 Å². The Kier molecular flexibility index (Phi) is 2.93. The maximum absolute atomic E-state index is 11.6. The number of rotatable bonds is 3. The molecule has 13 heavy (non-hydrogen) atoms. The third kappa shape index (κ3) is 2.21. The number of nitrogens with one attached hydrogen (secondary N) is 1. The average molecular weight is 199 g/mol. The van der Waals surface area contributed by atoms with E-state index in [0.717, 1.165) is 5.75 Å². The summed E-state index contributed by atoms with van der Waals surface area (Å²) in [5.74, 6) is 1.06. The average Bonchev–Trinajstić information content (AvgIpc) is 2.18. The van der Waals surface area contributed by atoms with Crippen LogP contribution in [0.3, 0.4) is 0 Å². The minimum absolute atomic E-state index is 0.347. The second-order valence-corrected chi connectivity index (χ2v) is 5.04. The zero-order valence-electron chi connectivity index (χ0n) is 7.74. The van der Waals surface area contributed by atoms with Gasteiger partial charge in [-0.3, -0.25) is 0 Å². The lowest BCUT2D eigenvalue weighted by molar-refractivity contribution is 0.414. The van der Waals surface area contributed by atoms with E-state index in [0.29, 0.717) is 10.6 Å². The van der Waals surface area contributed by atoms with Gasteiger partial charge in [0.25, 0.3) is 0 Å². The summed E-state index contributed by atoms with van der Waals surface area (Å²) in [5, 5.41) is 0. The summed E-state index contributed by atoms with van der Waals surface area (Å²) in [6, 6.07) is 6.80. The van der Waals surface area contributed by atoms with E-state index in [-0.39, 0.29) is 0 Å². The lowest BCUT2D eigenvalue weighted by Gasteiger charge is -2.05. The fourth-order valence-electron chi connectivity index (χ4n) is 0.962. The predicted octanol–water partition coefficient (Wildman–Crippen LogP) is 2.12. The van der Waals surface area contributed by atoms with Crippen LogP contribution in [0.15, 0.2) is 29.2 Å². The normalized spacial score (nSPS) is 14.9. The molecule has 1 rings (SSSR count). The van der Waals surface area contributed by atoms with E-state index in [1.54, 1.807) is 38.3 Å². The summed E-state index contributed by atoms with van der Waals surface area (Å²) in [7, 11) is -1.00. The Bertz CT molecular complexity index is 367. The highest BCUT2D eigenvalue weighted by atomic mass is 32.2. The predicted molar refractivity (Wildman–Crippen MR) is 52.7 cm³/mol. The van der Waals surface area contributed by atoms with Gasteiger partial charge in [0, 0.05) is 10.6 Å². The second-order valence-electron chi connectivity index (χ2n) is 2.64. The van der Waals surface area contributed by atoms with Gasteiger partial charge in [0.2, 0.25) is 0 Å². The van der Waals surface area contributed by atoms with Crippen LogP contribution in [0.25, 0.3) is 0 Å². The van der Waals surface area contributed by atoms with Gasteiger partial charge in [0.05, 0.1) is 16.8 Å². The molecule has 0 unspecified atom stereocenters. The van der Waals surface area contributed by atoms with Gasteiger partial charge in [-0.2, -0.15) is 0 Å². The van der Waals surface area contributed by atoms with E-state index in [1.165, 1.54) is 0 Å². The summed E-state index contributed by atoms with van der Waals surface area (Å²) in [6.07, 6.45) is 0. The SMILES string of the molecule is CC[S@@](=N)(=O)c1ccc(OC)cc1. The number of hydrogen-bond acceptors (Lipinski definition) is 3. The van der Waals surface area contributed by atoms with Crippen molar-refractivity contribution in [2.75, 3.05) is 12.9 Å². The van der Waals surface area contributed by atoms with E-state index in [1.807, 2.05) is 0 Å². The largest absolute Gasteiger partial charge is 0.497 e. The molecular weight excluding hydrogens is 186 g/mol. The summed E-state index contributed by atoms with van der Waals surface area (Å²) < 4.78 is 24.1.